The minimum atomic E-state index is -0.354. The third-order valence-corrected chi connectivity index (χ3v) is 6.05. The number of non-ortho nitro benzene ring substituents is 1. The number of hydrogen-bond donors (Lipinski definition) is 0. The SMILES string of the molecule is Cc1ccc(/C=N/N=C(/c2cccc([N+](=O)[O-])c2)C23CN4CN(CN(C4)C2)C3)cc1. The highest BCUT2D eigenvalue weighted by Crippen LogP contribution is 2.39. The minimum Gasteiger partial charge on any atom is -0.276 e. The quantitative estimate of drug-likeness (QED) is 0.435. The van der Waals surface area contributed by atoms with Gasteiger partial charge in [-0.05, 0) is 12.5 Å². The summed E-state index contributed by atoms with van der Waals surface area (Å²) in [6.45, 7) is 7.62. The molecule has 2 aromatic carbocycles. The predicted octanol–water partition coefficient (Wildman–Crippen LogP) is 2.53. The van der Waals surface area contributed by atoms with E-state index in [0.29, 0.717) is 0 Å². The molecule has 0 atom stereocenters. The maximum Gasteiger partial charge on any atom is 0.270 e. The molecule has 8 heteroatoms. The molecule has 4 aliphatic rings. The van der Waals surface area contributed by atoms with Gasteiger partial charge in [0.2, 0.25) is 0 Å². The van der Waals surface area contributed by atoms with Crippen LogP contribution >= 0.6 is 0 Å². The summed E-state index contributed by atoms with van der Waals surface area (Å²) in [7, 11) is 0. The summed E-state index contributed by atoms with van der Waals surface area (Å²) < 4.78 is 0. The molecular formula is C22H24N6O2. The molecule has 6 rings (SSSR count). The molecule has 0 unspecified atom stereocenters. The third-order valence-electron chi connectivity index (χ3n) is 6.05. The zero-order valence-corrected chi connectivity index (χ0v) is 16.9. The Labute approximate surface area is 175 Å². The number of nitro benzene ring substituents is 1. The van der Waals surface area contributed by atoms with E-state index in [2.05, 4.69) is 24.9 Å². The molecule has 0 N–H and O–H groups in total. The molecule has 0 spiro atoms. The summed E-state index contributed by atoms with van der Waals surface area (Å²) in [5.41, 5.74) is 3.63. The standard InChI is InChI=1S/C22H24N6O2/c1-17-5-7-18(8-6-17)10-23-24-21(19-3-2-4-20(9-19)28(29)30)22-11-25-14-26(12-22)16-27(13-22)15-25/h2-10H,11-16H2,1H3/b23-10+,24-21-. The second kappa shape index (κ2) is 7.39. The molecule has 4 bridgehead atoms. The average molecular weight is 404 g/mol. The Bertz CT molecular complexity index is 995. The lowest BCUT2D eigenvalue weighted by molar-refractivity contribution is -0.384. The van der Waals surface area contributed by atoms with Crippen LogP contribution in [0.15, 0.2) is 58.7 Å². The van der Waals surface area contributed by atoms with E-state index in [0.717, 1.165) is 56.5 Å². The molecule has 30 heavy (non-hydrogen) atoms. The Balaban J connectivity index is 1.55. The van der Waals surface area contributed by atoms with Crippen LogP contribution in [-0.2, 0) is 0 Å². The molecule has 0 saturated carbocycles. The Morgan fingerprint density at radius 3 is 2.27 bits per heavy atom. The van der Waals surface area contributed by atoms with Crippen LogP contribution in [-0.4, -0.2) is 71.2 Å². The molecule has 0 radical (unpaired) electrons. The lowest BCUT2D eigenvalue weighted by Gasteiger charge is -2.60. The first kappa shape index (κ1) is 19.0. The number of benzene rings is 2. The van der Waals surface area contributed by atoms with E-state index in [1.54, 1.807) is 18.3 Å². The van der Waals surface area contributed by atoms with Gasteiger partial charge in [-0.3, -0.25) is 24.8 Å². The average Bonchev–Trinajstić information content (AvgIpc) is 2.71. The molecule has 4 heterocycles. The van der Waals surface area contributed by atoms with E-state index in [-0.39, 0.29) is 16.0 Å². The van der Waals surface area contributed by atoms with Gasteiger partial charge >= 0.3 is 0 Å². The largest absolute Gasteiger partial charge is 0.276 e. The van der Waals surface area contributed by atoms with Crippen molar-refractivity contribution >= 4 is 17.6 Å². The predicted molar refractivity (Wildman–Crippen MR) is 116 cm³/mol. The Kier molecular flexibility index (Phi) is 4.69. The second-order valence-electron chi connectivity index (χ2n) is 8.60. The fraction of sp³-hybridized carbons (Fsp3) is 0.364. The Morgan fingerprint density at radius 2 is 1.67 bits per heavy atom. The highest BCUT2D eigenvalue weighted by Gasteiger charge is 2.52. The molecule has 4 fully saturated rings. The topological polar surface area (TPSA) is 77.6 Å². The highest BCUT2D eigenvalue weighted by atomic mass is 16.6. The number of nitro groups is 1. The number of aryl methyl sites for hydroxylation is 1. The fourth-order valence-electron chi connectivity index (χ4n) is 4.98. The molecule has 4 aliphatic heterocycles. The zero-order valence-electron chi connectivity index (χ0n) is 16.9. The van der Waals surface area contributed by atoms with Gasteiger partial charge in [-0.15, -0.1) is 0 Å². The van der Waals surface area contributed by atoms with E-state index in [1.165, 1.54) is 11.6 Å². The smallest absolute Gasteiger partial charge is 0.270 e. The zero-order chi connectivity index (χ0) is 20.7. The molecule has 0 aromatic heterocycles. The summed E-state index contributed by atoms with van der Waals surface area (Å²) in [6, 6.07) is 14.9. The first-order valence-corrected chi connectivity index (χ1v) is 10.1. The first-order chi connectivity index (χ1) is 14.5. The van der Waals surface area contributed by atoms with Crippen molar-refractivity contribution in [2.45, 2.75) is 6.92 Å². The van der Waals surface area contributed by atoms with Crippen LogP contribution in [0.1, 0.15) is 16.7 Å². The van der Waals surface area contributed by atoms with E-state index in [9.17, 15) is 10.1 Å². The molecule has 8 nitrogen and oxygen atoms in total. The van der Waals surface area contributed by atoms with Crippen LogP contribution in [0.25, 0.3) is 0 Å². The first-order valence-electron chi connectivity index (χ1n) is 10.1. The van der Waals surface area contributed by atoms with E-state index in [1.807, 2.05) is 37.3 Å². The van der Waals surface area contributed by atoms with Crippen molar-refractivity contribution in [3.05, 3.63) is 75.3 Å². The molecule has 4 saturated heterocycles. The summed E-state index contributed by atoms with van der Waals surface area (Å²) in [5.74, 6) is 0. The maximum atomic E-state index is 11.4. The van der Waals surface area contributed by atoms with Crippen molar-refractivity contribution in [2.75, 3.05) is 39.6 Å². The van der Waals surface area contributed by atoms with E-state index >= 15 is 0 Å². The lowest BCUT2D eigenvalue weighted by atomic mass is 9.74. The van der Waals surface area contributed by atoms with Crippen LogP contribution in [0.3, 0.4) is 0 Å². The Morgan fingerprint density at radius 1 is 1.03 bits per heavy atom. The van der Waals surface area contributed by atoms with Gasteiger partial charge in [0.15, 0.2) is 0 Å². The van der Waals surface area contributed by atoms with Crippen LogP contribution in [0, 0.1) is 22.5 Å². The van der Waals surface area contributed by atoms with Crippen LogP contribution < -0.4 is 0 Å². The summed E-state index contributed by atoms with van der Waals surface area (Å²) >= 11 is 0. The minimum absolute atomic E-state index is 0.0772. The Hall–Kier alpha value is -2.94. The lowest BCUT2D eigenvalue weighted by Crippen LogP contribution is -2.74. The summed E-state index contributed by atoms with van der Waals surface area (Å²) in [4.78, 5) is 18.2. The maximum absolute atomic E-state index is 11.4. The van der Waals surface area contributed by atoms with Crippen molar-refractivity contribution in [3.8, 4) is 0 Å². The molecular weight excluding hydrogens is 380 g/mol. The van der Waals surface area contributed by atoms with Gasteiger partial charge in [-0.25, -0.2) is 0 Å². The van der Waals surface area contributed by atoms with Crippen LogP contribution in [0.5, 0.6) is 0 Å². The monoisotopic (exact) mass is 404 g/mol. The highest BCUT2D eigenvalue weighted by molar-refractivity contribution is 6.06. The molecule has 0 amide bonds. The molecule has 154 valence electrons. The van der Waals surface area contributed by atoms with Gasteiger partial charge in [-0.2, -0.15) is 10.2 Å². The fourth-order valence-corrected chi connectivity index (χ4v) is 4.98. The van der Waals surface area contributed by atoms with Crippen molar-refractivity contribution < 1.29 is 4.92 Å². The van der Waals surface area contributed by atoms with Crippen molar-refractivity contribution in [1.82, 2.24) is 14.7 Å². The van der Waals surface area contributed by atoms with Crippen LogP contribution in [0.4, 0.5) is 5.69 Å². The summed E-state index contributed by atoms with van der Waals surface area (Å²) in [5, 5.41) is 20.5. The van der Waals surface area contributed by atoms with Gasteiger partial charge in [0, 0.05) is 37.3 Å². The van der Waals surface area contributed by atoms with Gasteiger partial charge in [0.1, 0.15) is 0 Å². The number of hydrogen-bond acceptors (Lipinski definition) is 7. The van der Waals surface area contributed by atoms with Gasteiger partial charge in [0.05, 0.1) is 42.3 Å². The number of nitrogens with zero attached hydrogens (tertiary/aromatic N) is 6. The summed E-state index contributed by atoms with van der Waals surface area (Å²) in [6.07, 6.45) is 1.75. The molecule has 2 aromatic rings. The van der Waals surface area contributed by atoms with Crippen LogP contribution in [0.2, 0.25) is 0 Å². The van der Waals surface area contributed by atoms with Gasteiger partial charge in [0.25, 0.3) is 5.69 Å². The van der Waals surface area contributed by atoms with Crippen molar-refractivity contribution in [3.63, 3.8) is 0 Å². The normalized spacial score (nSPS) is 30.2. The van der Waals surface area contributed by atoms with E-state index in [4.69, 9.17) is 0 Å². The second-order valence-corrected chi connectivity index (χ2v) is 8.60. The van der Waals surface area contributed by atoms with Crippen molar-refractivity contribution in [2.24, 2.45) is 15.6 Å². The van der Waals surface area contributed by atoms with E-state index < -0.39 is 0 Å². The van der Waals surface area contributed by atoms with Gasteiger partial charge < -0.3 is 0 Å². The number of rotatable bonds is 5. The molecule has 0 aliphatic carbocycles. The van der Waals surface area contributed by atoms with Crippen molar-refractivity contribution in [1.29, 1.82) is 0 Å². The third kappa shape index (κ3) is 3.54. The van der Waals surface area contributed by atoms with Gasteiger partial charge in [-0.1, -0.05) is 42.0 Å².